The summed E-state index contributed by atoms with van der Waals surface area (Å²) in [5, 5.41) is 11.8. The molecule has 1 spiro atoms. The second-order valence-electron chi connectivity index (χ2n) is 9.53. The number of carboxylic acid groups (broad SMARTS) is 1. The molecule has 2 aliphatic rings. The van der Waals surface area contributed by atoms with Crippen LogP contribution in [0.5, 0.6) is 0 Å². The van der Waals surface area contributed by atoms with Gasteiger partial charge in [-0.25, -0.2) is 17.8 Å². The fourth-order valence-corrected chi connectivity index (χ4v) is 8.03. The Bertz CT molecular complexity index is 1120. The van der Waals surface area contributed by atoms with Crippen molar-refractivity contribution in [3.63, 3.8) is 0 Å². The molecule has 0 unspecified atom stereocenters. The Kier molecular flexibility index (Phi) is 6.11. The molecule has 9 heteroatoms. The molecule has 1 fully saturated rings. The van der Waals surface area contributed by atoms with Crippen molar-refractivity contribution in [1.82, 2.24) is 5.32 Å². The van der Waals surface area contributed by atoms with Crippen LogP contribution in [0.3, 0.4) is 0 Å². The van der Waals surface area contributed by atoms with Gasteiger partial charge in [0, 0.05) is 18.2 Å². The van der Waals surface area contributed by atoms with Crippen LogP contribution < -0.4 is 5.32 Å². The van der Waals surface area contributed by atoms with Gasteiger partial charge in [-0.05, 0) is 38.0 Å². The van der Waals surface area contributed by atoms with Crippen molar-refractivity contribution in [1.29, 1.82) is 0 Å². The molecule has 3 rings (SSSR count). The van der Waals surface area contributed by atoms with E-state index >= 15 is 4.39 Å². The molecule has 1 saturated carbocycles. The van der Waals surface area contributed by atoms with Gasteiger partial charge < -0.3 is 5.11 Å². The second-order valence-corrected chi connectivity index (χ2v) is 17.0. The molecule has 1 aromatic rings. The molecule has 0 bridgehead atoms. The maximum atomic E-state index is 15.0. The third-order valence-corrected chi connectivity index (χ3v) is 10.2. The van der Waals surface area contributed by atoms with Crippen LogP contribution in [0.25, 0.3) is 0 Å². The van der Waals surface area contributed by atoms with Gasteiger partial charge in [-0.3, -0.25) is 10.3 Å². The number of nitrogens with zero attached hydrogens (tertiary/aromatic N) is 2. The summed E-state index contributed by atoms with van der Waals surface area (Å²) in [6.07, 6.45) is 1.45. The van der Waals surface area contributed by atoms with E-state index in [4.69, 9.17) is 4.99 Å². The average Bonchev–Trinajstić information content (AvgIpc) is 3.16. The number of nitrogens with one attached hydrogen (secondary N) is 1. The number of benzene rings is 1. The van der Waals surface area contributed by atoms with Gasteiger partial charge in [0.15, 0.2) is 0 Å². The first-order valence-electron chi connectivity index (χ1n) is 10.4. The average molecular weight is 464 g/mol. The van der Waals surface area contributed by atoms with E-state index in [-0.39, 0.29) is 17.2 Å². The van der Waals surface area contributed by atoms with Gasteiger partial charge in [-0.2, -0.15) is 0 Å². The van der Waals surface area contributed by atoms with Crippen LogP contribution >= 0.6 is 0 Å². The zero-order valence-corrected chi connectivity index (χ0v) is 20.5. The van der Waals surface area contributed by atoms with Crippen molar-refractivity contribution >= 4 is 29.7 Å². The minimum Gasteiger partial charge on any atom is -0.465 e. The highest BCUT2D eigenvalue weighted by Gasteiger charge is 2.55. The predicted molar refractivity (Wildman–Crippen MR) is 125 cm³/mol. The van der Waals surface area contributed by atoms with E-state index in [1.54, 1.807) is 19.1 Å². The van der Waals surface area contributed by atoms with Crippen LogP contribution in [0.15, 0.2) is 27.6 Å². The largest absolute Gasteiger partial charge is 0.465 e. The minimum absolute atomic E-state index is 0.0309. The van der Waals surface area contributed by atoms with E-state index in [0.717, 1.165) is 12.8 Å². The topological polar surface area (TPSA) is 91.1 Å². The number of carbonyl (C=O) groups is 1. The molecule has 0 aromatic heterocycles. The van der Waals surface area contributed by atoms with E-state index in [9.17, 15) is 14.1 Å². The molecule has 1 aromatic carbocycles. The van der Waals surface area contributed by atoms with Gasteiger partial charge in [0.25, 0.3) is 0 Å². The molecule has 1 amide bonds. The molecule has 6 nitrogen and oxygen atoms in total. The standard InChI is InChI=1S/C22H30FN3O3SSi/c1-21(17-14-16(8-9-18(17)23)10-13-31(3,4)5)15-30(29,24-2)22(11-6-7-12-22)19(26-21)25-20(27)28/h8-9,14H,6-7,11-12,15H2,1-5H3,(H,25,26)(H,27,28)/t21-,30+/m0/s1. The van der Waals surface area contributed by atoms with Crippen LogP contribution in [0, 0.1) is 17.3 Å². The zero-order chi connectivity index (χ0) is 23.1. The van der Waals surface area contributed by atoms with Crippen LogP contribution in [-0.2, 0) is 15.3 Å². The van der Waals surface area contributed by atoms with Crippen LogP contribution in [-0.4, -0.2) is 46.9 Å². The first kappa shape index (κ1) is 23.5. The Balaban J connectivity index is 2.22. The van der Waals surface area contributed by atoms with Gasteiger partial charge in [0.05, 0.1) is 15.5 Å². The maximum Gasteiger partial charge on any atom is 0.410 e. The van der Waals surface area contributed by atoms with Crippen molar-refractivity contribution in [2.75, 3.05) is 12.8 Å². The van der Waals surface area contributed by atoms with Crippen molar-refractivity contribution in [3.05, 3.63) is 35.1 Å². The number of aliphatic imine (C=N–C) groups is 1. The van der Waals surface area contributed by atoms with Crippen molar-refractivity contribution in [2.24, 2.45) is 9.36 Å². The highest BCUT2D eigenvalue weighted by Crippen LogP contribution is 2.47. The monoisotopic (exact) mass is 463 g/mol. The fourth-order valence-electron chi connectivity index (χ4n) is 4.45. The van der Waals surface area contributed by atoms with Gasteiger partial charge in [-0.15, -0.1) is 5.54 Å². The second kappa shape index (κ2) is 8.06. The Morgan fingerprint density at radius 2 is 1.97 bits per heavy atom. The predicted octanol–water partition coefficient (Wildman–Crippen LogP) is 4.36. The number of hydrogen-bond donors (Lipinski definition) is 2. The quantitative estimate of drug-likeness (QED) is 0.479. The number of halogens is 1. The number of amidine groups is 1. The first-order chi connectivity index (χ1) is 14.3. The van der Waals surface area contributed by atoms with Crippen molar-refractivity contribution < 1.29 is 18.5 Å². The zero-order valence-electron chi connectivity index (χ0n) is 18.7. The Labute approximate surface area is 184 Å². The van der Waals surface area contributed by atoms with Crippen LogP contribution in [0.4, 0.5) is 9.18 Å². The number of amides is 1. The lowest BCUT2D eigenvalue weighted by molar-refractivity contribution is 0.199. The van der Waals surface area contributed by atoms with E-state index < -0.39 is 40.0 Å². The molecule has 168 valence electrons. The summed E-state index contributed by atoms with van der Waals surface area (Å²) < 4.78 is 32.5. The summed E-state index contributed by atoms with van der Waals surface area (Å²) in [7, 11) is -3.04. The van der Waals surface area contributed by atoms with Crippen molar-refractivity contribution in [3.8, 4) is 11.5 Å². The SMILES string of the molecule is CN=[S@@]1(=O)C[C@@](C)(c2cc(C#C[Si](C)(C)C)ccc2F)N=C(NC(=O)O)C12CCCC2. The van der Waals surface area contributed by atoms with Crippen LogP contribution in [0.1, 0.15) is 43.7 Å². The summed E-state index contributed by atoms with van der Waals surface area (Å²) in [5.41, 5.74) is 2.94. The normalized spacial score (nSPS) is 27.2. The molecule has 2 atom stereocenters. The summed E-state index contributed by atoms with van der Waals surface area (Å²) in [6.45, 7) is 8.07. The highest BCUT2D eigenvalue weighted by atomic mass is 32.2. The summed E-state index contributed by atoms with van der Waals surface area (Å²) in [5.74, 6) is 2.81. The molecule has 0 radical (unpaired) electrons. The Hall–Kier alpha value is -2.18. The molecule has 2 N–H and O–H groups in total. The lowest BCUT2D eigenvalue weighted by Crippen LogP contribution is -2.59. The van der Waals surface area contributed by atoms with E-state index in [1.807, 2.05) is 0 Å². The molecule has 31 heavy (non-hydrogen) atoms. The first-order valence-corrected chi connectivity index (χ1v) is 15.6. The third-order valence-electron chi connectivity index (χ3n) is 5.94. The maximum absolute atomic E-state index is 15.0. The Morgan fingerprint density at radius 3 is 2.52 bits per heavy atom. The van der Waals surface area contributed by atoms with Crippen molar-refractivity contribution in [2.45, 2.75) is 62.5 Å². The number of hydrogen-bond acceptors (Lipinski definition) is 4. The molecule has 1 aliphatic heterocycles. The molecular formula is C22H30FN3O3SSi. The smallest absolute Gasteiger partial charge is 0.410 e. The lowest BCUT2D eigenvalue weighted by Gasteiger charge is -2.43. The van der Waals surface area contributed by atoms with E-state index in [1.165, 1.54) is 13.1 Å². The van der Waals surface area contributed by atoms with Gasteiger partial charge in [0.2, 0.25) is 0 Å². The third kappa shape index (κ3) is 4.41. The van der Waals surface area contributed by atoms with Gasteiger partial charge >= 0.3 is 6.09 Å². The molecule has 1 aliphatic carbocycles. The fraction of sp³-hybridized carbons (Fsp3) is 0.545. The van der Waals surface area contributed by atoms with Gasteiger partial charge in [-0.1, -0.05) is 38.4 Å². The Morgan fingerprint density at radius 1 is 1.32 bits per heavy atom. The minimum atomic E-state index is -2.91. The molecular weight excluding hydrogens is 433 g/mol. The summed E-state index contributed by atoms with van der Waals surface area (Å²) >= 11 is 0. The number of rotatable bonds is 1. The summed E-state index contributed by atoms with van der Waals surface area (Å²) in [6, 6.07) is 4.62. The van der Waals surface area contributed by atoms with E-state index in [2.05, 4.69) is 40.8 Å². The van der Waals surface area contributed by atoms with Gasteiger partial charge in [0.1, 0.15) is 30.0 Å². The molecule has 0 saturated heterocycles. The van der Waals surface area contributed by atoms with E-state index in [0.29, 0.717) is 18.4 Å². The highest BCUT2D eigenvalue weighted by molar-refractivity contribution is 7.95. The lowest BCUT2D eigenvalue weighted by atomic mass is 9.91. The molecule has 1 heterocycles. The van der Waals surface area contributed by atoms with Crippen LogP contribution in [0.2, 0.25) is 19.6 Å². The summed E-state index contributed by atoms with van der Waals surface area (Å²) in [4.78, 5) is 16.3.